The average molecular weight is 460 g/mol. The first-order chi connectivity index (χ1) is 16.6. The summed E-state index contributed by atoms with van der Waals surface area (Å²) in [4.78, 5) is 20.4. The first-order valence-corrected chi connectivity index (χ1v) is 11.0. The summed E-state index contributed by atoms with van der Waals surface area (Å²) in [6.45, 7) is 4.73. The van der Waals surface area contributed by atoms with Gasteiger partial charge in [0.05, 0.1) is 49.2 Å². The molecule has 0 unspecified atom stereocenters. The molecule has 0 aromatic carbocycles. The van der Waals surface area contributed by atoms with E-state index in [-0.39, 0.29) is 0 Å². The SMILES string of the molecule is COc1nc(N2CCOCC2)ncc1-c1ccc(Oc2ccnc(-c3cnn(C)c3)c2)c(C)n1. The lowest BCUT2D eigenvalue weighted by Gasteiger charge is -2.27. The lowest BCUT2D eigenvalue weighted by molar-refractivity contribution is 0.122. The smallest absolute Gasteiger partial charge is 0.228 e. The number of hydrogen-bond donors (Lipinski definition) is 0. The van der Waals surface area contributed by atoms with Gasteiger partial charge in [-0.3, -0.25) is 9.67 Å². The van der Waals surface area contributed by atoms with E-state index in [4.69, 9.17) is 19.2 Å². The van der Waals surface area contributed by atoms with E-state index >= 15 is 0 Å². The molecule has 1 aliphatic heterocycles. The van der Waals surface area contributed by atoms with Crippen molar-refractivity contribution in [2.24, 2.45) is 7.05 Å². The molecule has 1 aliphatic rings. The maximum Gasteiger partial charge on any atom is 0.228 e. The van der Waals surface area contributed by atoms with E-state index in [0.29, 0.717) is 42.2 Å². The van der Waals surface area contributed by atoms with Crippen LogP contribution in [-0.4, -0.2) is 63.1 Å². The van der Waals surface area contributed by atoms with Gasteiger partial charge in [0.15, 0.2) is 0 Å². The van der Waals surface area contributed by atoms with Crippen molar-refractivity contribution in [3.8, 4) is 39.9 Å². The minimum atomic E-state index is 0.479. The fraction of sp³-hybridized carbons (Fsp3) is 0.292. The van der Waals surface area contributed by atoms with Crippen LogP contribution < -0.4 is 14.4 Å². The number of methoxy groups -OCH3 is 1. The molecule has 0 atom stereocenters. The first kappa shape index (κ1) is 21.8. The van der Waals surface area contributed by atoms with E-state index in [1.807, 2.05) is 44.4 Å². The van der Waals surface area contributed by atoms with Crippen LogP contribution >= 0.6 is 0 Å². The minimum absolute atomic E-state index is 0.479. The van der Waals surface area contributed by atoms with E-state index in [9.17, 15) is 0 Å². The quantitative estimate of drug-likeness (QED) is 0.430. The second kappa shape index (κ2) is 9.44. The Kier molecular flexibility index (Phi) is 6.05. The first-order valence-electron chi connectivity index (χ1n) is 11.0. The molecule has 174 valence electrons. The fourth-order valence-electron chi connectivity index (χ4n) is 3.72. The van der Waals surface area contributed by atoms with Crippen molar-refractivity contribution in [1.29, 1.82) is 0 Å². The summed E-state index contributed by atoms with van der Waals surface area (Å²) in [5.74, 6) is 2.43. The molecular weight excluding hydrogens is 434 g/mol. The lowest BCUT2D eigenvalue weighted by atomic mass is 10.2. The third kappa shape index (κ3) is 4.53. The van der Waals surface area contributed by atoms with Crippen molar-refractivity contribution in [3.63, 3.8) is 0 Å². The maximum absolute atomic E-state index is 6.11. The number of hydrogen-bond acceptors (Lipinski definition) is 9. The Balaban J connectivity index is 1.38. The molecule has 10 nitrogen and oxygen atoms in total. The third-order valence-corrected chi connectivity index (χ3v) is 5.50. The van der Waals surface area contributed by atoms with Gasteiger partial charge < -0.3 is 19.1 Å². The highest BCUT2D eigenvalue weighted by atomic mass is 16.5. The van der Waals surface area contributed by atoms with E-state index in [1.165, 1.54) is 0 Å². The van der Waals surface area contributed by atoms with Crippen LogP contribution in [0.5, 0.6) is 17.4 Å². The molecule has 5 rings (SSSR count). The summed E-state index contributed by atoms with van der Waals surface area (Å²) in [7, 11) is 3.47. The number of aryl methyl sites for hydroxylation is 2. The highest BCUT2D eigenvalue weighted by Gasteiger charge is 2.18. The highest BCUT2D eigenvalue weighted by Crippen LogP contribution is 2.32. The van der Waals surface area contributed by atoms with Gasteiger partial charge in [-0.2, -0.15) is 10.1 Å². The van der Waals surface area contributed by atoms with Gasteiger partial charge in [0, 0.05) is 50.4 Å². The number of pyridine rings is 2. The molecule has 10 heteroatoms. The van der Waals surface area contributed by atoms with Gasteiger partial charge in [0.25, 0.3) is 0 Å². The van der Waals surface area contributed by atoms with Gasteiger partial charge in [0.1, 0.15) is 11.5 Å². The molecule has 1 fully saturated rings. The molecule has 0 N–H and O–H groups in total. The Bertz CT molecular complexity index is 1300. The van der Waals surface area contributed by atoms with Crippen molar-refractivity contribution in [1.82, 2.24) is 29.7 Å². The van der Waals surface area contributed by atoms with Gasteiger partial charge in [-0.1, -0.05) is 0 Å². The molecule has 5 heterocycles. The van der Waals surface area contributed by atoms with Crippen molar-refractivity contribution in [2.45, 2.75) is 6.92 Å². The van der Waals surface area contributed by atoms with Crippen LogP contribution in [0.25, 0.3) is 22.5 Å². The summed E-state index contributed by atoms with van der Waals surface area (Å²) >= 11 is 0. The van der Waals surface area contributed by atoms with Gasteiger partial charge in [-0.25, -0.2) is 9.97 Å². The number of morpholine rings is 1. The third-order valence-electron chi connectivity index (χ3n) is 5.50. The van der Waals surface area contributed by atoms with Crippen LogP contribution in [0, 0.1) is 6.92 Å². The van der Waals surface area contributed by atoms with Gasteiger partial charge >= 0.3 is 0 Å². The van der Waals surface area contributed by atoms with Crippen LogP contribution in [0.15, 0.2) is 49.1 Å². The summed E-state index contributed by atoms with van der Waals surface area (Å²) in [5, 5.41) is 4.20. The summed E-state index contributed by atoms with van der Waals surface area (Å²) in [6.07, 6.45) is 7.15. The van der Waals surface area contributed by atoms with Crippen molar-refractivity contribution in [2.75, 3.05) is 38.3 Å². The molecule has 1 saturated heterocycles. The van der Waals surface area contributed by atoms with Gasteiger partial charge in [0.2, 0.25) is 11.8 Å². The Hall–Kier alpha value is -4.05. The number of nitrogens with zero attached hydrogens (tertiary/aromatic N) is 7. The van der Waals surface area contributed by atoms with Gasteiger partial charge in [-0.15, -0.1) is 0 Å². The van der Waals surface area contributed by atoms with Crippen molar-refractivity contribution >= 4 is 5.95 Å². The predicted molar refractivity (Wildman–Crippen MR) is 126 cm³/mol. The minimum Gasteiger partial charge on any atom is -0.480 e. The Morgan fingerprint density at radius 3 is 2.59 bits per heavy atom. The second-order valence-electron chi connectivity index (χ2n) is 7.85. The van der Waals surface area contributed by atoms with Crippen LogP contribution in [0.2, 0.25) is 0 Å². The molecule has 0 spiro atoms. The zero-order chi connectivity index (χ0) is 23.5. The lowest BCUT2D eigenvalue weighted by Crippen LogP contribution is -2.37. The molecule has 0 aliphatic carbocycles. The fourth-order valence-corrected chi connectivity index (χ4v) is 3.72. The molecule has 0 saturated carbocycles. The maximum atomic E-state index is 6.11. The van der Waals surface area contributed by atoms with E-state index in [0.717, 1.165) is 35.6 Å². The van der Waals surface area contributed by atoms with E-state index in [2.05, 4.69) is 25.0 Å². The molecule has 0 bridgehead atoms. The number of anilines is 1. The Morgan fingerprint density at radius 2 is 1.85 bits per heavy atom. The van der Waals surface area contributed by atoms with Crippen LogP contribution in [0.1, 0.15) is 5.69 Å². The Morgan fingerprint density at radius 1 is 1.00 bits per heavy atom. The molecule has 4 aromatic rings. The summed E-state index contributed by atoms with van der Waals surface area (Å²) in [6, 6.07) is 7.46. The number of rotatable bonds is 6. The average Bonchev–Trinajstić information content (AvgIpc) is 3.32. The molecule has 34 heavy (non-hydrogen) atoms. The molecule has 4 aromatic heterocycles. The van der Waals surface area contributed by atoms with E-state index < -0.39 is 0 Å². The highest BCUT2D eigenvalue weighted by molar-refractivity contribution is 5.66. The predicted octanol–water partition coefficient (Wildman–Crippen LogP) is 3.28. The van der Waals surface area contributed by atoms with Crippen LogP contribution in [0.3, 0.4) is 0 Å². The van der Waals surface area contributed by atoms with Crippen LogP contribution in [0.4, 0.5) is 5.95 Å². The number of ether oxygens (including phenoxy) is 3. The molecular formula is C24H25N7O3. The van der Waals surface area contributed by atoms with Crippen LogP contribution in [-0.2, 0) is 11.8 Å². The van der Waals surface area contributed by atoms with E-state index in [1.54, 1.807) is 30.4 Å². The summed E-state index contributed by atoms with van der Waals surface area (Å²) < 4.78 is 18.8. The van der Waals surface area contributed by atoms with Crippen molar-refractivity contribution < 1.29 is 14.2 Å². The zero-order valence-electron chi connectivity index (χ0n) is 19.3. The van der Waals surface area contributed by atoms with Gasteiger partial charge in [-0.05, 0) is 25.1 Å². The summed E-state index contributed by atoms with van der Waals surface area (Å²) in [5.41, 5.74) is 3.87. The number of aromatic nitrogens is 6. The zero-order valence-corrected chi connectivity index (χ0v) is 19.3. The Labute approximate surface area is 197 Å². The topological polar surface area (TPSA) is 100 Å². The monoisotopic (exact) mass is 459 g/mol. The molecule has 0 radical (unpaired) electrons. The normalized spacial score (nSPS) is 13.7. The largest absolute Gasteiger partial charge is 0.480 e. The second-order valence-corrected chi connectivity index (χ2v) is 7.85. The standard InChI is InChI=1S/C24H25N7O3/c1-16-22(34-18-6-7-25-21(12-18)17-13-27-30(2)15-17)5-4-20(28-16)19-14-26-24(29-23(19)32-3)31-8-10-33-11-9-31/h4-7,12-15H,8-11H2,1-3H3. The van der Waals surface area contributed by atoms with Crippen molar-refractivity contribution in [3.05, 3.63) is 54.7 Å². The molecule has 0 amide bonds.